The second-order valence-corrected chi connectivity index (χ2v) is 10.5. The Morgan fingerprint density at radius 1 is 1.05 bits per heavy atom. The van der Waals surface area contributed by atoms with E-state index >= 15 is 0 Å². The average molecular weight is 558 g/mol. The second-order valence-electron chi connectivity index (χ2n) is 10.5. The molecule has 0 spiro atoms. The van der Waals surface area contributed by atoms with E-state index < -0.39 is 24.1 Å². The van der Waals surface area contributed by atoms with Crippen LogP contribution < -0.4 is 4.74 Å². The number of H-pyrrole nitrogens is 1. The average Bonchev–Trinajstić information content (AvgIpc) is 3.68. The number of nitrogens with zero attached hydrogens (tertiary/aromatic N) is 6. The third-order valence-electron chi connectivity index (χ3n) is 6.30. The number of nitrogens with one attached hydrogen (secondary N) is 1. The molecular weight excluding hydrogens is 526 g/mol. The number of ether oxygens (including phenoxy) is 3. The van der Waals surface area contributed by atoms with E-state index in [4.69, 9.17) is 14.2 Å². The molecule has 0 bridgehead atoms. The predicted octanol–water partition coefficient (Wildman–Crippen LogP) is 4.47. The van der Waals surface area contributed by atoms with Gasteiger partial charge in [-0.05, 0) is 81.3 Å². The van der Waals surface area contributed by atoms with Crippen molar-refractivity contribution in [3.05, 3.63) is 71.4 Å². The van der Waals surface area contributed by atoms with Crippen LogP contribution in [0.4, 0.5) is 0 Å². The first kappa shape index (κ1) is 27.6. The van der Waals surface area contributed by atoms with Crippen LogP contribution >= 0.6 is 0 Å². The van der Waals surface area contributed by atoms with Gasteiger partial charge in [0.2, 0.25) is 12.6 Å². The van der Waals surface area contributed by atoms with Gasteiger partial charge in [0.25, 0.3) is 6.01 Å². The molecule has 0 aliphatic heterocycles. The summed E-state index contributed by atoms with van der Waals surface area (Å²) in [5, 5.41) is 14.4. The number of carbonyl (C=O) groups excluding carboxylic acids is 2. The lowest BCUT2D eigenvalue weighted by molar-refractivity contribution is -0.161. The van der Waals surface area contributed by atoms with Crippen LogP contribution in [0.3, 0.4) is 0 Å². The monoisotopic (exact) mass is 557 g/mol. The van der Waals surface area contributed by atoms with Crippen molar-refractivity contribution in [3.63, 3.8) is 0 Å². The molecule has 3 aromatic heterocycles. The molecule has 0 atom stereocenters. The Labute approximate surface area is 236 Å². The third-order valence-corrected chi connectivity index (χ3v) is 6.30. The van der Waals surface area contributed by atoms with Crippen LogP contribution in [0, 0.1) is 12.3 Å². The quantitative estimate of drug-likeness (QED) is 0.205. The van der Waals surface area contributed by atoms with Crippen molar-refractivity contribution in [2.24, 2.45) is 5.41 Å². The number of tetrazole rings is 1. The lowest BCUT2D eigenvalue weighted by atomic mass is 9.98. The summed E-state index contributed by atoms with van der Waals surface area (Å²) in [4.78, 5) is 29.8. The Bertz CT molecular complexity index is 1680. The molecule has 5 aromatic rings. The summed E-state index contributed by atoms with van der Waals surface area (Å²) >= 11 is 0. The van der Waals surface area contributed by atoms with Crippen LogP contribution in [0.2, 0.25) is 0 Å². The van der Waals surface area contributed by atoms with Crippen LogP contribution in [-0.2, 0) is 20.8 Å². The summed E-state index contributed by atoms with van der Waals surface area (Å²) in [5.74, 6) is -0.593. The van der Waals surface area contributed by atoms with Gasteiger partial charge in [-0.25, -0.2) is 4.79 Å². The van der Waals surface area contributed by atoms with E-state index in [0.29, 0.717) is 36.0 Å². The number of fused-ring (bicyclic) bond motifs is 1. The molecule has 0 fully saturated rings. The maximum atomic E-state index is 13.1. The lowest BCUT2D eigenvalue weighted by Crippen LogP contribution is -2.24. The first-order valence-corrected chi connectivity index (χ1v) is 13.1. The summed E-state index contributed by atoms with van der Waals surface area (Å²) in [6.45, 7) is 9.36. The van der Waals surface area contributed by atoms with E-state index in [0.717, 1.165) is 22.5 Å². The largest absolute Gasteiger partial charge is 0.465 e. The van der Waals surface area contributed by atoms with Crippen molar-refractivity contribution in [1.29, 1.82) is 0 Å². The van der Waals surface area contributed by atoms with Gasteiger partial charge in [-0.3, -0.25) is 9.36 Å². The lowest BCUT2D eigenvalue weighted by Gasteiger charge is -2.16. The van der Waals surface area contributed by atoms with Gasteiger partial charge in [0.05, 0.1) is 40.9 Å². The van der Waals surface area contributed by atoms with Crippen LogP contribution in [0.5, 0.6) is 6.01 Å². The Kier molecular flexibility index (Phi) is 7.56. The highest BCUT2D eigenvalue weighted by molar-refractivity contribution is 6.02. The highest BCUT2D eigenvalue weighted by Gasteiger charge is 2.25. The zero-order valence-electron chi connectivity index (χ0n) is 23.5. The fourth-order valence-electron chi connectivity index (χ4n) is 4.34. The molecule has 0 saturated carbocycles. The molecule has 41 heavy (non-hydrogen) atoms. The number of aromatic amines is 1. The Balaban J connectivity index is 1.43. The SMILES string of the molecule is CCOc1nc2cccc(C(=O)OCOC(=O)C(C)(C)C)c2n1Cc1ccc(-n2cc(C)cc2-c2nn[nH]n2)cc1. The molecule has 3 heterocycles. The van der Waals surface area contributed by atoms with Gasteiger partial charge < -0.3 is 18.8 Å². The molecule has 0 radical (unpaired) electrons. The number of hydrogen-bond acceptors (Lipinski definition) is 9. The predicted molar refractivity (Wildman–Crippen MR) is 150 cm³/mol. The second kappa shape index (κ2) is 11.2. The van der Waals surface area contributed by atoms with Crippen molar-refractivity contribution in [2.45, 2.75) is 41.2 Å². The van der Waals surface area contributed by atoms with Crippen molar-refractivity contribution >= 4 is 23.0 Å². The van der Waals surface area contributed by atoms with Gasteiger partial charge >= 0.3 is 11.9 Å². The normalized spacial score (nSPS) is 11.5. The minimum atomic E-state index is -0.707. The number of para-hydroxylation sites is 1. The molecule has 0 saturated heterocycles. The van der Waals surface area contributed by atoms with Crippen LogP contribution in [-0.4, -0.2) is 60.1 Å². The van der Waals surface area contributed by atoms with Gasteiger partial charge in [-0.2, -0.15) is 10.2 Å². The number of rotatable bonds is 9. The first-order valence-electron chi connectivity index (χ1n) is 13.1. The van der Waals surface area contributed by atoms with E-state index in [1.54, 1.807) is 32.9 Å². The molecule has 212 valence electrons. The third kappa shape index (κ3) is 5.81. The van der Waals surface area contributed by atoms with Gasteiger partial charge in [0.15, 0.2) is 0 Å². The summed E-state index contributed by atoms with van der Waals surface area (Å²) in [6.07, 6.45) is 2.01. The maximum Gasteiger partial charge on any atom is 0.343 e. The van der Waals surface area contributed by atoms with Crippen molar-refractivity contribution in [2.75, 3.05) is 13.4 Å². The number of hydrogen-bond donors (Lipinski definition) is 1. The molecule has 5 rings (SSSR count). The summed E-state index contributed by atoms with van der Waals surface area (Å²) < 4.78 is 20.1. The van der Waals surface area contributed by atoms with E-state index in [2.05, 4.69) is 25.6 Å². The van der Waals surface area contributed by atoms with Crippen molar-refractivity contribution < 1.29 is 23.8 Å². The van der Waals surface area contributed by atoms with Gasteiger partial charge in [-0.1, -0.05) is 18.2 Å². The Morgan fingerprint density at radius 2 is 1.83 bits per heavy atom. The topological polar surface area (TPSA) is 139 Å². The highest BCUT2D eigenvalue weighted by Crippen LogP contribution is 2.28. The first-order chi connectivity index (χ1) is 19.7. The minimum absolute atomic E-state index is 0.289. The number of benzene rings is 2. The van der Waals surface area contributed by atoms with E-state index in [1.165, 1.54) is 0 Å². The van der Waals surface area contributed by atoms with Crippen LogP contribution in [0.1, 0.15) is 49.2 Å². The molecule has 1 N–H and O–H groups in total. The number of imidazole rings is 1. The van der Waals surface area contributed by atoms with Gasteiger partial charge in [-0.15, -0.1) is 10.2 Å². The fourth-order valence-corrected chi connectivity index (χ4v) is 4.34. The number of carbonyl (C=O) groups is 2. The molecule has 0 aliphatic carbocycles. The summed E-state index contributed by atoms with van der Waals surface area (Å²) in [6, 6.07) is 15.6. The number of aromatic nitrogens is 7. The molecule has 12 heteroatoms. The van der Waals surface area contributed by atoms with E-state index in [-0.39, 0.29) is 5.56 Å². The zero-order chi connectivity index (χ0) is 29.1. The molecule has 0 amide bonds. The number of esters is 2. The van der Waals surface area contributed by atoms with Crippen LogP contribution in [0.25, 0.3) is 28.2 Å². The van der Waals surface area contributed by atoms with Gasteiger partial charge in [0.1, 0.15) is 0 Å². The van der Waals surface area contributed by atoms with Crippen molar-refractivity contribution in [3.8, 4) is 23.2 Å². The zero-order valence-corrected chi connectivity index (χ0v) is 23.5. The molecular formula is C29H31N7O5. The fraction of sp³-hybridized carbons (Fsp3) is 0.310. The molecule has 0 unspecified atom stereocenters. The maximum absolute atomic E-state index is 13.1. The summed E-state index contributed by atoms with van der Waals surface area (Å²) in [7, 11) is 0. The summed E-state index contributed by atoms with van der Waals surface area (Å²) in [5.41, 5.74) is 4.50. The van der Waals surface area contributed by atoms with Crippen LogP contribution in [0.15, 0.2) is 54.7 Å². The Morgan fingerprint density at radius 3 is 2.51 bits per heavy atom. The molecule has 2 aromatic carbocycles. The Hall–Kier alpha value is -5.00. The molecule has 0 aliphatic rings. The van der Waals surface area contributed by atoms with E-state index in [9.17, 15) is 9.59 Å². The highest BCUT2D eigenvalue weighted by atomic mass is 16.7. The minimum Gasteiger partial charge on any atom is -0.465 e. The smallest absolute Gasteiger partial charge is 0.343 e. The standard InChI is InChI=1S/C29H31N7O5/c1-6-39-28-30-22-9-7-8-21(26(37)40-17-41-27(38)29(3,4)5)24(22)36(28)16-19-10-12-20(13-11-19)35-15-18(2)14-23(35)25-31-33-34-32-25/h7-15H,6,16-17H2,1-5H3,(H,31,32,33,34). The molecule has 12 nitrogen and oxygen atoms in total. The van der Waals surface area contributed by atoms with Gasteiger partial charge in [0, 0.05) is 11.9 Å². The number of aryl methyl sites for hydroxylation is 1. The van der Waals surface area contributed by atoms with Crippen molar-refractivity contribution in [1.82, 2.24) is 34.7 Å². The van der Waals surface area contributed by atoms with E-state index in [1.807, 2.05) is 65.6 Å².